The average molecular weight is 345 g/mol. The van der Waals surface area contributed by atoms with Crippen molar-refractivity contribution in [3.8, 4) is 0 Å². The van der Waals surface area contributed by atoms with Gasteiger partial charge in [-0.25, -0.2) is 0 Å². The topological polar surface area (TPSA) is 61.7 Å². The standard InChI is InChI=1S/C18H27N5O2/c1-20-11-14(10-19-20)12-21-5-2-6-22(8-7-21)18(25)15-9-17(24)23(13-15)16-3-4-16/h10-11,15-16H,2-9,12-13H2,1H3/t15-/m0/s1. The summed E-state index contributed by atoms with van der Waals surface area (Å²) in [5, 5.41) is 4.22. The molecule has 3 heterocycles. The Balaban J connectivity index is 1.31. The van der Waals surface area contributed by atoms with Gasteiger partial charge in [-0.1, -0.05) is 0 Å². The number of hydrogen-bond acceptors (Lipinski definition) is 4. The molecule has 4 rings (SSSR count). The van der Waals surface area contributed by atoms with Gasteiger partial charge in [0.15, 0.2) is 0 Å². The SMILES string of the molecule is Cn1cc(CN2CCCN(C(=O)[C@H]3CC(=O)N(C4CC4)C3)CC2)cn1. The van der Waals surface area contributed by atoms with Gasteiger partial charge < -0.3 is 9.80 Å². The molecular weight excluding hydrogens is 318 g/mol. The van der Waals surface area contributed by atoms with Crippen LogP contribution in [0.25, 0.3) is 0 Å². The van der Waals surface area contributed by atoms with E-state index in [1.165, 1.54) is 5.56 Å². The lowest BCUT2D eigenvalue weighted by atomic mass is 10.1. The number of hydrogen-bond donors (Lipinski definition) is 0. The molecule has 0 aromatic carbocycles. The van der Waals surface area contributed by atoms with Gasteiger partial charge in [-0.3, -0.25) is 19.2 Å². The van der Waals surface area contributed by atoms with Gasteiger partial charge in [-0.2, -0.15) is 5.10 Å². The minimum Gasteiger partial charge on any atom is -0.341 e. The Morgan fingerprint density at radius 1 is 1.24 bits per heavy atom. The molecule has 1 aromatic heterocycles. The highest BCUT2D eigenvalue weighted by Crippen LogP contribution is 2.33. The second-order valence-corrected chi connectivity index (χ2v) is 7.66. The van der Waals surface area contributed by atoms with Gasteiger partial charge >= 0.3 is 0 Å². The molecule has 7 nitrogen and oxygen atoms in total. The zero-order valence-corrected chi connectivity index (χ0v) is 14.9. The van der Waals surface area contributed by atoms with Crippen LogP contribution in [0.5, 0.6) is 0 Å². The van der Waals surface area contributed by atoms with Crippen LogP contribution in [0.3, 0.4) is 0 Å². The van der Waals surface area contributed by atoms with Crippen LogP contribution in [-0.4, -0.2) is 75.1 Å². The van der Waals surface area contributed by atoms with E-state index in [0.717, 1.165) is 52.0 Å². The van der Waals surface area contributed by atoms with E-state index >= 15 is 0 Å². The van der Waals surface area contributed by atoms with Crippen LogP contribution in [0.15, 0.2) is 12.4 Å². The van der Waals surface area contributed by atoms with Crippen molar-refractivity contribution >= 4 is 11.8 Å². The maximum absolute atomic E-state index is 12.9. The number of aryl methyl sites for hydroxylation is 1. The molecule has 136 valence electrons. The predicted molar refractivity (Wildman–Crippen MR) is 92.5 cm³/mol. The maximum Gasteiger partial charge on any atom is 0.228 e. The molecule has 2 saturated heterocycles. The Kier molecular flexibility index (Phi) is 4.50. The van der Waals surface area contributed by atoms with Crippen molar-refractivity contribution in [1.82, 2.24) is 24.5 Å². The molecule has 0 N–H and O–H groups in total. The minimum atomic E-state index is -0.127. The summed E-state index contributed by atoms with van der Waals surface area (Å²) < 4.78 is 1.83. The summed E-state index contributed by atoms with van der Waals surface area (Å²) in [6.45, 7) is 4.96. The highest BCUT2D eigenvalue weighted by molar-refractivity contribution is 5.89. The van der Waals surface area contributed by atoms with Crippen molar-refractivity contribution in [3.63, 3.8) is 0 Å². The van der Waals surface area contributed by atoms with Crippen molar-refractivity contribution < 1.29 is 9.59 Å². The van der Waals surface area contributed by atoms with Gasteiger partial charge in [-0.05, 0) is 19.3 Å². The van der Waals surface area contributed by atoms with Gasteiger partial charge in [0.2, 0.25) is 11.8 Å². The molecule has 2 aliphatic heterocycles. The number of rotatable bonds is 4. The van der Waals surface area contributed by atoms with Crippen molar-refractivity contribution in [2.75, 3.05) is 32.7 Å². The van der Waals surface area contributed by atoms with Gasteiger partial charge in [0.25, 0.3) is 0 Å². The predicted octanol–water partition coefficient (Wildman–Crippen LogP) is 0.465. The summed E-state index contributed by atoms with van der Waals surface area (Å²) in [6, 6.07) is 0.421. The van der Waals surface area contributed by atoms with Gasteiger partial charge in [0, 0.05) is 70.5 Å². The highest BCUT2D eigenvalue weighted by atomic mass is 16.2. The monoisotopic (exact) mass is 345 g/mol. The fraction of sp³-hybridized carbons (Fsp3) is 0.722. The maximum atomic E-state index is 12.9. The molecule has 3 aliphatic rings. The molecule has 25 heavy (non-hydrogen) atoms. The Bertz CT molecular complexity index is 654. The number of amides is 2. The average Bonchev–Trinajstić information content (AvgIpc) is 3.30. The van der Waals surface area contributed by atoms with Crippen molar-refractivity contribution in [3.05, 3.63) is 18.0 Å². The second-order valence-electron chi connectivity index (χ2n) is 7.66. The Labute approximate surface area is 148 Å². The molecule has 3 fully saturated rings. The van der Waals surface area contributed by atoms with Crippen LogP contribution in [0.2, 0.25) is 0 Å². The summed E-state index contributed by atoms with van der Waals surface area (Å²) in [6.07, 6.45) is 7.57. The highest BCUT2D eigenvalue weighted by Gasteiger charge is 2.42. The van der Waals surface area contributed by atoms with Crippen LogP contribution in [0.1, 0.15) is 31.2 Å². The number of likely N-dealkylation sites (tertiary alicyclic amines) is 1. The number of carbonyl (C=O) groups excluding carboxylic acids is 2. The summed E-state index contributed by atoms with van der Waals surface area (Å²) in [5.41, 5.74) is 1.21. The van der Waals surface area contributed by atoms with Crippen LogP contribution in [0, 0.1) is 5.92 Å². The summed E-state index contributed by atoms with van der Waals surface area (Å²) >= 11 is 0. The van der Waals surface area contributed by atoms with Crippen molar-refractivity contribution in [2.24, 2.45) is 13.0 Å². The van der Waals surface area contributed by atoms with E-state index in [9.17, 15) is 9.59 Å². The zero-order chi connectivity index (χ0) is 17.4. The molecule has 2 amide bonds. The first-order valence-corrected chi connectivity index (χ1v) is 9.38. The quantitative estimate of drug-likeness (QED) is 0.796. The number of carbonyl (C=O) groups is 2. The number of aromatic nitrogens is 2. The third-order valence-electron chi connectivity index (χ3n) is 5.56. The van der Waals surface area contributed by atoms with Crippen molar-refractivity contribution in [2.45, 2.75) is 38.3 Å². The molecule has 1 saturated carbocycles. The van der Waals surface area contributed by atoms with Gasteiger partial charge in [0.1, 0.15) is 0 Å². The summed E-state index contributed by atoms with van der Waals surface area (Å²) in [5.74, 6) is 0.228. The van der Waals surface area contributed by atoms with E-state index in [0.29, 0.717) is 19.0 Å². The Morgan fingerprint density at radius 3 is 2.80 bits per heavy atom. The molecule has 0 bridgehead atoms. The smallest absolute Gasteiger partial charge is 0.228 e. The molecule has 1 aliphatic carbocycles. The van der Waals surface area contributed by atoms with Crippen molar-refractivity contribution in [1.29, 1.82) is 0 Å². The van der Waals surface area contributed by atoms with Crippen LogP contribution >= 0.6 is 0 Å². The first-order chi connectivity index (χ1) is 12.1. The van der Waals surface area contributed by atoms with Gasteiger partial charge in [-0.15, -0.1) is 0 Å². The van der Waals surface area contributed by atoms with E-state index in [-0.39, 0.29) is 17.7 Å². The zero-order valence-electron chi connectivity index (χ0n) is 14.9. The van der Waals surface area contributed by atoms with E-state index in [4.69, 9.17) is 0 Å². The Morgan fingerprint density at radius 2 is 2.08 bits per heavy atom. The second kappa shape index (κ2) is 6.78. The first-order valence-electron chi connectivity index (χ1n) is 9.38. The van der Waals surface area contributed by atoms with Crippen LogP contribution in [0.4, 0.5) is 0 Å². The number of nitrogens with zero attached hydrogens (tertiary/aromatic N) is 5. The van der Waals surface area contributed by atoms with E-state index in [1.807, 2.05) is 33.9 Å². The first kappa shape index (κ1) is 16.6. The molecule has 1 aromatic rings. The normalized spacial score (nSPS) is 25.5. The fourth-order valence-corrected chi connectivity index (χ4v) is 4.06. The Hall–Kier alpha value is -1.89. The summed E-state index contributed by atoms with van der Waals surface area (Å²) in [7, 11) is 1.93. The molecular formula is C18H27N5O2. The molecule has 0 radical (unpaired) electrons. The lowest BCUT2D eigenvalue weighted by molar-refractivity contribution is -0.135. The third-order valence-corrected chi connectivity index (χ3v) is 5.56. The largest absolute Gasteiger partial charge is 0.341 e. The molecule has 0 spiro atoms. The molecule has 1 atom stereocenters. The van der Waals surface area contributed by atoms with E-state index in [2.05, 4.69) is 10.00 Å². The third kappa shape index (κ3) is 3.71. The molecule has 0 unspecified atom stereocenters. The van der Waals surface area contributed by atoms with Gasteiger partial charge in [0.05, 0.1) is 12.1 Å². The molecule has 7 heteroatoms. The fourth-order valence-electron chi connectivity index (χ4n) is 4.06. The lowest BCUT2D eigenvalue weighted by Crippen LogP contribution is -2.40. The van der Waals surface area contributed by atoms with Crippen LogP contribution < -0.4 is 0 Å². The van der Waals surface area contributed by atoms with E-state index in [1.54, 1.807) is 0 Å². The van der Waals surface area contributed by atoms with Crippen LogP contribution in [-0.2, 0) is 23.2 Å². The minimum absolute atomic E-state index is 0.127. The summed E-state index contributed by atoms with van der Waals surface area (Å²) in [4.78, 5) is 31.3. The lowest BCUT2D eigenvalue weighted by Gasteiger charge is -2.24. The van der Waals surface area contributed by atoms with E-state index < -0.39 is 0 Å².